The smallest absolute Gasteiger partial charge is 0.324 e. The lowest BCUT2D eigenvalue weighted by Gasteiger charge is -2.19. The van der Waals surface area contributed by atoms with E-state index in [1.807, 2.05) is 0 Å². The van der Waals surface area contributed by atoms with Gasteiger partial charge in [0.1, 0.15) is 5.65 Å². The molecule has 1 atom stereocenters. The van der Waals surface area contributed by atoms with Crippen molar-refractivity contribution in [2.45, 2.75) is 12.1 Å². The summed E-state index contributed by atoms with van der Waals surface area (Å²) in [6.07, 6.45) is 4.92. The number of nitrogens with zero attached hydrogens (tertiary/aromatic N) is 5. The highest BCUT2D eigenvalue weighted by atomic mass is 79.9. The zero-order valence-corrected chi connectivity index (χ0v) is 12.9. The van der Waals surface area contributed by atoms with Gasteiger partial charge in [-0.1, -0.05) is 21.1 Å². The van der Waals surface area contributed by atoms with Crippen molar-refractivity contribution in [1.29, 1.82) is 0 Å². The topological polar surface area (TPSA) is 129 Å². The molecule has 0 spiro atoms. The van der Waals surface area contributed by atoms with Crippen LogP contribution in [0.25, 0.3) is 5.65 Å². The fourth-order valence-corrected chi connectivity index (χ4v) is 3.78. The SMILES string of the molecule is O=P(O)(O)C(Cc1nn[nH]n1)c1cn2ccnc2cc1Br. The Balaban J connectivity index is 2.09. The maximum atomic E-state index is 11.8. The summed E-state index contributed by atoms with van der Waals surface area (Å²) in [6.45, 7) is 0. The van der Waals surface area contributed by atoms with E-state index in [-0.39, 0.29) is 12.2 Å². The van der Waals surface area contributed by atoms with E-state index in [0.717, 1.165) is 0 Å². The van der Waals surface area contributed by atoms with E-state index >= 15 is 0 Å². The number of nitrogens with one attached hydrogen (secondary N) is 1. The minimum atomic E-state index is -4.41. The van der Waals surface area contributed by atoms with Gasteiger partial charge in [-0.15, -0.1) is 10.2 Å². The number of halogens is 1. The molecule has 3 aromatic rings. The van der Waals surface area contributed by atoms with Gasteiger partial charge in [-0.2, -0.15) is 5.21 Å². The molecule has 0 amide bonds. The van der Waals surface area contributed by atoms with Gasteiger partial charge in [0.15, 0.2) is 5.82 Å². The fourth-order valence-electron chi connectivity index (χ4n) is 2.05. The number of tetrazole rings is 1. The molecule has 0 saturated heterocycles. The number of aromatic amines is 1. The average Bonchev–Trinajstić information content (AvgIpc) is 3.04. The minimum Gasteiger partial charge on any atom is -0.324 e. The molecule has 11 heteroatoms. The van der Waals surface area contributed by atoms with Crippen molar-refractivity contribution in [3.8, 4) is 0 Å². The number of hydrogen-bond donors (Lipinski definition) is 3. The molecule has 0 aliphatic heterocycles. The highest BCUT2D eigenvalue weighted by Gasteiger charge is 2.33. The predicted molar refractivity (Wildman–Crippen MR) is 75.6 cm³/mol. The molecule has 9 nitrogen and oxygen atoms in total. The fraction of sp³-hybridized carbons (Fsp3) is 0.200. The van der Waals surface area contributed by atoms with E-state index in [0.29, 0.717) is 15.7 Å². The van der Waals surface area contributed by atoms with Crippen LogP contribution in [0, 0.1) is 0 Å². The molecule has 0 aromatic carbocycles. The summed E-state index contributed by atoms with van der Waals surface area (Å²) in [5, 5.41) is 13.2. The molecule has 0 aliphatic carbocycles. The van der Waals surface area contributed by atoms with Crippen molar-refractivity contribution < 1.29 is 14.4 Å². The van der Waals surface area contributed by atoms with Crippen molar-refractivity contribution in [2.24, 2.45) is 0 Å². The van der Waals surface area contributed by atoms with Crippen LogP contribution in [0.5, 0.6) is 0 Å². The van der Waals surface area contributed by atoms with Crippen LogP contribution >= 0.6 is 23.5 Å². The molecule has 0 saturated carbocycles. The number of imidazole rings is 1. The van der Waals surface area contributed by atoms with Gasteiger partial charge in [0.25, 0.3) is 0 Å². The highest BCUT2D eigenvalue weighted by molar-refractivity contribution is 9.10. The highest BCUT2D eigenvalue weighted by Crippen LogP contribution is 2.54. The first kappa shape index (κ1) is 14.3. The lowest BCUT2D eigenvalue weighted by Crippen LogP contribution is -2.07. The number of pyridine rings is 1. The second kappa shape index (κ2) is 5.30. The Hall–Kier alpha value is -1.61. The molecule has 1 unspecified atom stereocenters. The van der Waals surface area contributed by atoms with Gasteiger partial charge in [-0.25, -0.2) is 4.98 Å². The van der Waals surface area contributed by atoms with Crippen LogP contribution in [-0.4, -0.2) is 39.8 Å². The molecule has 3 aromatic heterocycles. The second-order valence-electron chi connectivity index (χ2n) is 4.41. The number of aromatic nitrogens is 6. The lowest BCUT2D eigenvalue weighted by atomic mass is 10.1. The maximum absolute atomic E-state index is 11.8. The summed E-state index contributed by atoms with van der Waals surface area (Å²) in [5.74, 6) is 0.237. The van der Waals surface area contributed by atoms with Crippen LogP contribution in [0.1, 0.15) is 17.0 Å². The monoisotopic (exact) mass is 372 g/mol. The molecular weight excluding hydrogens is 363 g/mol. The van der Waals surface area contributed by atoms with Crippen LogP contribution < -0.4 is 0 Å². The van der Waals surface area contributed by atoms with E-state index < -0.39 is 13.3 Å². The van der Waals surface area contributed by atoms with Crippen molar-refractivity contribution in [1.82, 2.24) is 30.0 Å². The molecule has 0 bridgehead atoms. The van der Waals surface area contributed by atoms with E-state index in [1.54, 1.807) is 29.1 Å². The van der Waals surface area contributed by atoms with Crippen molar-refractivity contribution in [2.75, 3.05) is 0 Å². The van der Waals surface area contributed by atoms with Crippen LogP contribution in [0.4, 0.5) is 0 Å². The second-order valence-corrected chi connectivity index (χ2v) is 7.06. The number of rotatable bonds is 4. The third kappa shape index (κ3) is 2.88. The quantitative estimate of drug-likeness (QED) is 0.584. The first-order valence-electron chi connectivity index (χ1n) is 5.85. The van der Waals surface area contributed by atoms with Crippen LogP contribution in [-0.2, 0) is 11.0 Å². The zero-order valence-electron chi connectivity index (χ0n) is 10.5. The third-order valence-corrected chi connectivity index (χ3v) is 5.00. The molecule has 0 radical (unpaired) electrons. The Morgan fingerprint density at radius 1 is 1.48 bits per heavy atom. The predicted octanol–water partition coefficient (Wildman–Crippen LogP) is 1.07. The van der Waals surface area contributed by atoms with Gasteiger partial charge >= 0.3 is 7.60 Å². The normalized spacial score (nSPS) is 13.7. The molecule has 21 heavy (non-hydrogen) atoms. The van der Waals surface area contributed by atoms with Crippen molar-refractivity contribution in [3.05, 3.63) is 40.5 Å². The number of fused-ring (bicyclic) bond motifs is 1. The first-order valence-corrected chi connectivity index (χ1v) is 8.32. The summed E-state index contributed by atoms with van der Waals surface area (Å²) in [4.78, 5) is 23.4. The maximum Gasteiger partial charge on any atom is 0.333 e. The van der Waals surface area contributed by atoms with Gasteiger partial charge in [-0.3, -0.25) is 4.57 Å². The first-order chi connectivity index (χ1) is 9.95. The van der Waals surface area contributed by atoms with Gasteiger partial charge in [-0.05, 0) is 11.6 Å². The molecule has 3 heterocycles. The molecular formula is C10H10BrN6O3P. The Bertz CT molecular complexity index is 813. The largest absolute Gasteiger partial charge is 0.333 e. The summed E-state index contributed by atoms with van der Waals surface area (Å²) >= 11 is 3.34. The number of H-pyrrole nitrogens is 1. The van der Waals surface area contributed by atoms with E-state index in [4.69, 9.17) is 0 Å². The Labute approximate surface area is 126 Å². The van der Waals surface area contributed by atoms with E-state index in [9.17, 15) is 14.4 Å². The molecule has 0 fully saturated rings. The average molecular weight is 373 g/mol. The Morgan fingerprint density at radius 2 is 2.29 bits per heavy atom. The lowest BCUT2D eigenvalue weighted by molar-refractivity contribution is 0.357. The molecule has 3 rings (SSSR count). The van der Waals surface area contributed by atoms with E-state index in [2.05, 4.69) is 41.5 Å². The Kier molecular flexibility index (Phi) is 3.62. The van der Waals surface area contributed by atoms with Crippen LogP contribution in [0.2, 0.25) is 0 Å². The standard InChI is InChI=1S/C10H10BrN6O3P/c11-7-3-10-12-1-2-17(10)5-6(7)8(21(18,19)20)4-9-13-15-16-14-9/h1-3,5,8H,4H2,(H2,18,19,20)(H,13,14,15,16). The third-order valence-electron chi connectivity index (χ3n) is 3.04. The van der Waals surface area contributed by atoms with Gasteiger partial charge in [0.2, 0.25) is 0 Å². The Morgan fingerprint density at radius 3 is 2.95 bits per heavy atom. The van der Waals surface area contributed by atoms with Gasteiger partial charge in [0, 0.05) is 29.5 Å². The molecule has 0 aliphatic rings. The summed E-state index contributed by atoms with van der Waals surface area (Å²) < 4.78 is 14.1. The van der Waals surface area contributed by atoms with Crippen molar-refractivity contribution >= 4 is 29.2 Å². The minimum absolute atomic E-state index is 0.0282. The molecule has 110 valence electrons. The van der Waals surface area contributed by atoms with Crippen LogP contribution in [0.15, 0.2) is 29.1 Å². The summed E-state index contributed by atoms with van der Waals surface area (Å²) in [5.41, 5.74) is 0.0598. The zero-order chi connectivity index (χ0) is 15.0. The van der Waals surface area contributed by atoms with Crippen molar-refractivity contribution in [3.63, 3.8) is 0 Å². The van der Waals surface area contributed by atoms with Gasteiger partial charge in [0.05, 0.1) is 5.66 Å². The number of hydrogen-bond acceptors (Lipinski definition) is 5. The summed E-state index contributed by atoms with van der Waals surface area (Å²) in [6, 6.07) is 1.70. The van der Waals surface area contributed by atoms with Gasteiger partial charge < -0.3 is 14.2 Å². The molecule has 3 N–H and O–H groups in total. The van der Waals surface area contributed by atoms with Crippen LogP contribution in [0.3, 0.4) is 0 Å². The summed E-state index contributed by atoms with van der Waals surface area (Å²) in [7, 11) is -4.41. The van der Waals surface area contributed by atoms with E-state index in [1.165, 1.54) is 0 Å².